The molecule has 6 nitrogen and oxygen atoms in total. The van der Waals surface area contributed by atoms with E-state index in [0.29, 0.717) is 25.0 Å². The van der Waals surface area contributed by atoms with E-state index in [1.165, 1.54) is 0 Å². The number of nitrogens with zero attached hydrogens (tertiary/aromatic N) is 1. The quantitative estimate of drug-likeness (QED) is 0.342. The van der Waals surface area contributed by atoms with Gasteiger partial charge in [0.15, 0.2) is 5.96 Å². The third kappa shape index (κ3) is 7.92. The van der Waals surface area contributed by atoms with Gasteiger partial charge in [0.1, 0.15) is 17.1 Å². The number of aliphatic imine (C=N–C) groups is 1. The topological polar surface area (TPSA) is 79.0 Å². The Morgan fingerprint density at radius 3 is 2.60 bits per heavy atom. The summed E-state index contributed by atoms with van der Waals surface area (Å²) in [5, 5.41) is 17.2. The number of rotatable bonds is 10. The van der Waals surface area contributed by atoms with Crippen LogP contribution in [-0.2, 0) is 10.3 Å². The minimum atomic E-state index is -1.07. The van der Waals surface area contributed by atoms with Crippen molar-refractivity contribution in [3.63, 3.8) is 0 Å². The average molecular weight is 354 g/mol. The first-order valence-corrected chi connectivity index (χ1v) is 9.16. The fourth-order valence-electron chi connectivity index (χ4n) is 2.49. The molecule has 3 N–H and O–H groups in total. The van der Waals surface area contributed by atoms with Crippen LogP contribution in [0.3, 0.4) is 0 Å². The standard InChI is InChI=1S/C19H35N3O3/c1-7-20-18(21-9-11-24-10-8-14(2)3)22-13-19(6,23)17-12-15(4)25-16(17)5/h12,14,23H,7-11,13H2,1-6H3,(H2,20,21,22). The largest absolute Gasteiger partial charge is 0.466 e. The summed E-state index contributed by atoms with van der Waals surface area (Å²) in [7, 11) is 0. The molecule has 0 bridgehead atoms. The van der Waals surface area contributed by atoms with E-state index in [0.717, 1.165) is 36.7 Å². The Hall–Kier alpha value is -1.53. The van der Waals surface area contributed by atoms with Crippen LogP contribution in [0.2, 0.25) is 0 Å². The Morgan fingerprint density at radius 2 is 2.04 bits per heavy atom. The number of hydrogen-bond acceptors (Lipinski definition) is 4. The van der Waals surface area contributed by atoms with Gasteiger partial charge in [-0.15, -0.1) is 0 Å². The molecule has 25 heavy (non-hydrogen) atoms. The van der Waals surface area contributed by atoms with Gasteiger partial charge in [-0.2, -0.15) is 0 Å². The Kier molecular flexibility index (Phi) is 9.00. The number of hydrogen-bond donors (Lipinski definition) is 3. The fourth-order valence-corrected chi connectivity index (χ4v) is 2.49. The van der Waals surface area contributed by atoms with Crippen molar-refractivity contribution >= 4 is 5.96 Å². The van der Waals surface area contributed by atoms with Crippen molar-refractivity contribution < 1.29 is 14.3 Å². The van der Waals surface area contributed by atoms with Crippen LogP contribution in [-0.4, -0.2) is 43.9 Å². The maximum absolute atomic E-state index is 10.7. The Bertz CT molecular complexity index is 536. The summed E-state index contributed by atoms with van der Waals surface area (Å²) in [6.07, 6.45) is 1.07. The van der Waals surface area contributed by atoms with Gasteiger partial charge >= 0.3 is 0 Å². The molecule has 0 saturated carbocycles. The molecule has 0 spiro atoms. The van der Waals surface area contributed by atoms with Crippen molar-refractivity contribution in [3.05, 3.63) is 23.2 Å². The summed E-state index contributed by atoms with van der Waals surface area (Å²) in [5.74, 6) is 2.85. The molecular formula is C19H35N3O3. The van der Waals surface area contributed by atoms with Crippen LogP contribution in [0.5, 0.6) is 0 Å². The zero-order valence-corrected chi connectivity index (χ0v) is 16.6. The highest BCUT2D eigenvalue weighted by atomic mass is 16.5. The lowest BCUT2D eigenvalue weighted by atomic mass is 9.96. The van der Waals surface area contributed by atoms with E-state index in [2.05, 4.69) is 29.5 Å². The molecular weight excluding hydrogens is 318 g/mol. The molecule has 1 rings (SSSR count). The van der Waals surface area contributed by atoms with Crippen molar-refractivity contribution in [3.8, 4) is 0 Å². The molecule has 144 valence electrons. The number of nitrogens with one attached hydrogen (secondary N) is 2. The molecule has 1 unspecified atom stereocenters. The van der Waals surface area contributed by atoms with E-state index < -0.39 is 5.60 Å². The second-order valence-electron chi connectivity index (χ2n) is 7.02. The Labute approximate surface area is 152 Å². The third-order valence-electron chi connectivity index (χ3n) is 3.89. The van der Waals surface area contributed by atoms with Crippen molar-refractivity contribution in [2.45, 2.75) is 53.6 Å². The van der Waals surface area contributed by atoms with E-state index in [1.54, 1.807) is 6.92 Å². The van der Waals surface area contributed by atoms with Crippen LogP contribution in [0.1, 0.15) is 51.2 Å². The number of ether oxygens (including phenoxy) is 1. The van der Waals surface area contributed by atoms with Crippen LogP contribution in [0.25, 0.3) is 0 Å². The van der Waals surface area contributed by atoms with E-state index in [1.807, 2.05) is 26.8 Å². The van der Waals surface area contributed by atoms with Crippen LogP contribution < -0.4 is 10.6 Å². The summed E-state index contributed by atoms with van der Waals surface area (Å²) in [5.41, 5.74) is -0.292. The molecule has 0 aliphatic rings. The third-order valence-corrected chi connectivity index (χ3v) is 3.89. The smallest absolute Gasteiger partial charge is 0.191 e. The Morgan fingerprint density at radius 1 is 1.32 bits per heavy atom. The van der Waals surface area contributed by atoms with Crippen LogP contribution in [0.4, 0.5) is 0 Å². The fraction of sp³-hybridized carbons (Fsp3) is 0.737. The van der Waals surface area contributed by atoms with Crippen molar-refractivity contribution in [1.82, 2.24) is 10.6 Å². The Balaban J connectivity index is 2.52. The van der Waals surface area contributed by atoms with Gasteiger partial charge in [-0.25, -0.2) is 4.99 Å². The highest BCUT2D eigenvalue weighted by Gasteiger charge is 2.27. The summed E-state index contributed by atoms with van der Waals surface area (Å²) in [4.78, 5) is 4.51. The lowest BCUT2D eigenvalue weighted by Gasteiger charge is -2.21. The van der Waals surface area contributed by atoms with Crippen molar-refractivity contribution in [1.29, 1.82) is 0 Å². The van der Waals surface area contributed by atoms with Crippen LogP contribution in [0, 0.1) is 19.8 Å². The summed E-state index contributed by atoms with van der Waals surface area (Å²) in [6, 6.07) is 1.87. The highest BCUT2D eigenvalue weighted by molar-refractivity contribution is 5.79. The predicted molar refractivity (Wildman–Crippen MR) is 102 cm³/mol. The zero-order valence-electron chi connectivity index (χ0n) is 16.6. The van der Waals surface area contributed by atoms with Gasteiger partial charge in [-0.3, -0.25) is 0 Å². The SMILES string of the molecule is CCNC(=NCC(C)(O)c1cc(C)oc1C)NCCOCCC(C)C. The molecule has 0 aliphatic carbocycles. The van der Waals surface area contributed by atoms with E-state index in [9.17, 15) is 5.11 Å². The number of furan rings is 1. The zero-order chi connectivity index (χ0) is 18.9. The van der Waals surface area contributed by atoms with Gasteiger partial charge in [-0.1, -0.05) is 13.8 Å². The van der Waals surface area contributed by atoms with Gasteiger partial charge in [0.25, 0.3) is 0 Å². The van der Waals surface area contributed by atoms with Crippen LogP contribution >= 0.6 is 0 Å². The summed E-state index contributed by atoms with van der Waals surface area (Å²) in [6.45, 7) is 15.0. The minimum Gasteiger partial charge on any atom is -0.466 e. The van der Waals surface area contributed by atoms with Gasteiger partial charge in [-0.05, 0) is 46.1 Å². The van der Waals surface area contributed by atoms with E-state index in [-0.39, 0.29) is 6.54 Å². The van der Waals surface area contributed by atoms with Crippen molar-refractivity contribution in [2.24, 2.45) is 10.9 Å². The van der Waals surface area contributed by atoms with E-state index in [4.69, 9.17) is 9.15 Å². The summed E-state index contributed by atoms with van der Waals surface area (Å²) < 4.78 is 11.1. The van der Waals surface area contributed by atoms with Crippen molar-refractivity contribution in [2.75, 3.05) is 32.8 Å². The maximum Gasteiger partial charge on any atom is 0.191 e. The molecule has 1 aromatic rings. The van der Waals surface area contributed by atoms with Crippen LogP contribution in [0.15, 0.2) is 15.5 Å². The predicted octanol–water partition coefficient (Wildman–Crippen LogP) is 2.72. The second kappa shape index (κ2) is 10.5. The molecule has 0 saturated heterocycles. The lowest BCUT2D eigenvalue weighted by molar-refractivity contribution is 0.0656. The molecule has 0 aliphatic heterocycles. The molecule has 1 atom stereocenters. The molecule has 0 aromatic carbocycles. The van der Waals surface area contributed by atoms with Gasteiger partial charge < -0.3 is 24.9 Å². The second-order valence-corrected chi connectivity index (χ2v) is 7.02. The lowest BCUT2D eigenvalue weighted by Crippen LogP contribution is -2.40. The first-order valence-electron chi connectivity index (χ1n) is 9.16. The molecule has 1 aromatic heterocycles. The van der Waals surface area contributed by atoms with Gasteiger partial charge in [0.05, 0.1) is 13.2 Å². The molecule has 0 fully saturated rings. The minimum absolute atomic E-state index is 0.246. The maximum atomic E-state index is 10.7. The molecule has 6 heteroatoms. The summed E-state index contributed by atoms with van der Waals surface area (Å²) >= 11 is 0. The number of aryl methyl sites for hydroxylation is 2. The van der Waals surface area contributed by atoms with Gasteiger partial charge in [0.2, 0.25) is 0 Å². The van der Waals surface area contributed by atoms with Gasteiger partial charge in [0, 0.05) is 25.3 Å². The van der Waals surface area contributed by atoms with E-state index >= 15 is 0 Å². The monoisotopic (exact) mass is 353 g/mol. The molecule has 1 heterocycles. The normalized spacial score (nSPS) is 14.6. The first-order chi connectivity index (χ1) is 11.8. The highest BCUT2D eigenvalue weighted by Crippen LogP contribution is 2.27. The first kappa shape index (κ1) is 21.5. The average Bonchev–Trinajstić information content (AvgIpc) is 2.87. The number of aliphatic hydroxyl groups is 1. The number of guanidine groups is 1. The molecule has 0 radical (unpaired) electrons. The molecule has 0 amide bonds.